The number of amides is 1. The Hall–Kier alpha value is -3.30. The molecule has 10 heteroatoms. The fraction of sp³-hybridized carbons (Fsp3) is 0.125. The van der Waals surface area contributed by atoms with Crippen LogP contribution in [0, 0.1) is 11.6 Å². The van der Waals surface area contributed by atoms with Crippen LogP contribution in [0.4, 0.5) is 23.2 Å². The lowest BCUT2D eigenvalue weighted by atomic mass is 10.2. The van der Waals surface area contributed by atoms with E-state index in [0.29, 0.717) is 6.07 Å². The van der Waals surface area contributed by atoms with Crippen LogP contribution in [0.3, 0.4) is 0 Å². The third kappa shape index (κ3) is 4.02. The molecule has 0 saturated heterocycles. The number of esters is 1. The highest BCUT2D eigenvalue weighted by molar-refractivity contribution is 5.95. The quantitative estimate of drug-likeness (QED) is 0.661. The zero-order chi connectivity index (χ0) is 18.9. The molecule has 0 radical (unpaired) electrons. The summed E-state index contributed by atoms with van der Waals surface area (Å²) < 4.78 is 65.0. The van der Waals surface area contributed by atoms with Crippen LogP contribution in [0.15, 0.2) is 36.4 Å². The van der Waals surface area contributed by atoms with Gasteiger partial charge in [-0.25, -0.2) is 13.6 Å². The summed E-state index contributed by atoms with van der Waals surface area (Å²) in [6.45, 7) is -0.762. The molecule has 1 aliphatic heterocycles. The maximum atomic E-state index is 13.0. The van der Waals surface area contributed by atoms with E-state index in [1.54, 1.807) is 0 Å². The van der Waals surface area contributed by atoms with Crippen molar-refractivity contribution in [2.24, 2.45) is 0 Å². The van der Waals surface area contributed by atoms with Gasteiger partial charge in [-0.15, -0.1) is 8.78 Å². The minimum absolute atomic E-state index is 0.0860. The van der Waals surface area contributed by atoms with Crippen LogP contribution < -0.4 is 14.8 Å². The molecule has 0 aromatic heterocycles. The topological polar surface area (TPSA) is 73.9 Å². The van der Waals surface area contributed by atoms with Gasteiger partial charge >= 0.3 is 12.3 Å². The Kier molecular flexibility index (Phi) is 4.41. The van der Waals surface area contributed by atoms with Gasteiger partial charge in [-0.05, 0) is 24.3 Å². The predicted molar refractivity (Wildman–Crippen MR) is 77.9 cm³/mol. The fourth-order valence-electron chi connectivity index (χ4n) is 2.11. The number of nitrogens with one attached hydrogen (secondary N) is 1. The van der Waals surface area contributed by atoms with Crippen LogP contribution >= 0.6 is 0 Å². The SMILES string of the molecule is O=C(COC(=O)c1cc(F)cc(F)c1)Nc1ccc2c(c1)OC(F)(F)O2. The number of fused-ring (bicyclic) bond motifs is 1. The molecule has 3 rings (SSSR count). The first-order valence-corrected chi connectivity index (χ1v) is 7.05. The molecule has 1 amide bonds. The first kappa shape index (κ1) is 17.5. The first-order chi connectivity index (χ1) is 12.2. The van der Waals surface area contributed by atoms with Crippen molar-refractivity contribution in [2.75, 3.05) is 11.9 Å². The number of hydrogen-bond acceptors (Lipinski definition) is 5. The van der Waals surface area contributed by atoms with Crippen molar-refractivity contribution in [1.82, 2.24) is 0 Å². The maximum Gasteiger partial charge on any atom is 0.586 e. The molecule has 136 valence electrons. The van der Waals surface area contributed by atoms with Crippen LogP contribution in [-0.2, 0) is 9.53 Å². The van der Waals surface area contributed by atoms with E-state index in [1.807, 2.05) is 0 Å². The fourth-order valence-corrected chi connectivity index (χ4v) is 2.11. The van der Waals surface area contributed by atoms with E-state index in [0.717, 1.165) is 24.3 Å². The van der Waals surface area contributed by atoms with Gasteiger partial charge in [0.2, 0.25) is 0 Å². The predicted octanol–water partition coefficient (Wildman–Crippen LogP) is 3.08. The molecule has 26 heavy (non-hydrogen) atoms. The second kappa shape index (κ2) is 6.54. The summed E-state index contributed by atoms with van der Waals surface area (Å²) in [5, 5.41) is 2.28. The van der Waals surface area contributed by atoms with Gasteiger partial charge in [-0.3, -0.25) is 4.79 Å². The highest BCUT2D eigenvalue weighted by atomic mass is 19.3. The Bertz CT molecular complexity index is 867. The molecule has 1 heterocycles. The highest BCUT2D eigenvalue weighted by Gasteiger charge is 2.43. The Labute approximate surface area is 143 Å². The van der Waals surface area contributed by atoms with Crippen LogP contribution in [0.25, 0.3) is 0 Å². The summed E-state index contributed by atoms with van der Waals surface area (Å²) in [7, 11) is 0. The van der Waals surface area contributed by atoms with E-state index in [-0.39, 0.29) is 17.2 Å². The largest absolute Gasteiger partial charge is 0.586 e. The van der Waals surface area contributed by atoms with Gasteiger partial charge in [-0.2, -0.15) is 0 Å². The second-order valence-corrected chi connectivity index (χ2v) is 5.11. The lowest BCUT2D eigenvalue weighted by Crippen LogP contribution is -2.25. The molecule has 0 spiro atoms. The van der Waals surface area contributed by atoms with Crippen LogP contribution in [0.2, 0.25) is 0 Å². The zero-order valence-corrected chi connectivity index (χ0v) is 12.7. The van der Waals surface area contributed by atoms with E-state index in [9.17, 15) is 27.2 Å². The molecule has 2 aromatic carbocycles. The molecule has 0 bridgehead atoms. The lowest BCUT2D eigenvalue weighted by Gasteiger charge is -2.07. The average molecular weight is 371 g/mol. The summed E-state index contributed by atoms with van der Waals surface area (Å²) >= 11 is 0. The molecule has 0 saturated carbocycles. The van der Waals surface area contributed by atoms with Gasteiger partial charge in [0.05, 0.1) is 5.56 Å². The van der Waals surface area contributed by atoms with Crippen molar-refractivity contribution >= 4 is 17.6 Å². The van der Waals surface area contributed by atoms with Crippen LogP contribution in [0.5, 0.6) is 11.5 Å². The minimum Gasteiger partial charge on any atom is -0.452 e. The molecule has 2 aromatic rings. The number of rotatable bonds is 4. The second-order valence-electron chi connectivity index (χ2n) is 5.11. The van der Waals surface area contributed by atoms with Crippen LogP contribution in [-0.4, -0.2) is 24.8 Å². The molecule has 0 fully saturated rings. The molecule has 1 aliphatic rings. The number of halogens is 4. The molecular formula is C16H9F4NO5. The van der Waals surface area contributed by atoms with Crippen molar-refractivity contribution in [3.63, 3.8) is 0 Å². The molecule has 0 aliphatic carbocycles. The number of benzene rings is 2. The monoisotopic (exact) mass is 371 g/mol. The number of ether oxygens (including phenoxy) is 3. The minimum atomic E-state index is -3.79. The Balaban J connectivity index is 1.57. The molecular weight excluding hydrogens is 362 g/mol. The van der Waals surface area contributed by atoms with Gasteiger partial charge in [0.1, 0.15) is 11.6 Å². The van der Waals surface area contributed by atoms with E-state index >= 15 is 0 Å². The van der Waals surface area contributed by atoms with Crippen molar-refractivity contribution in [1.29, 1.82) is 0 Å². The van der Waals surface area contributed by atoms with Gasteiger partial charge in [0.15, 0.2) is 18.1 Å². The zero-order valence-electron chi connectivity index (χ0n) is 12.7. The number of hydrogen-bond donors (Lipinski definition) is 1. The summed E-state index contributed by atoms with van der Waals surface area (Å²) in [6.07, 6.45) is -3.79. The van der Waals surface area contributed by atoms with E-state index in [2.05, 4.69) is 19.5 Å². The summed E-state index contributed by atoms with van der Waals surface area (Å²) in [5.41, 5.74) is -0.316. The van der Waals surface area contributed by atoms with Crippen molar-refractivity contribution in [2.45, 2.75) is 6.29 Å². The van der Waals surface area contributed by atoms with Crippen molar-refractivity contribution in [3.05, 3.63) is 53.6 Å². The lowest BCUT2D eigenvalue weighted by molar-refractivity contribution is -0.286. The van der Waals surface area contributed by atoms with Crippen LogP contribution in [0.1, 0.15) is 10.4 Å². The third-order valence-electron chi connectivity index (χ3n) is 3.12. The Morgan fingerprint density at radius 2 is 1.65 bits per heavy atom. The normalized spacial score (nSPS) is 14.0. The number of carbonyl (C=O) groups excluding carboxylic acids is 2. The maximum absolute atomic E-state index is 13.0. The van der Waals surface area contributed by atoms with E-state index in [4.69, 9.17) is 0 Å². The number of carbonyl (C=O) groups is 2. The smallest absolute Gasteiger partial charge is 0.452 e. The number of anilines is 1. The van der Waals surface area contributed by atoms with E-state index in [1.165, 1.54) is 6.07 Å². The standard InChI is InChI=1S/C16H9F4NO5/c17-9-3-8(4-10(18)5-9)15(23)24-7-14(22)21-11-1-2-12-13(6-11)26-16(19,20)25-12/h1-6H,7H2,(H,21,22). The average Bonchev–Trinajstić information content (AvgIpc) is 2.84. The Morgan fingerprint density at radius 3 is 2.35 bits per heavy atom. The van der Waals surface area contributed by atoms with Gasteiger partial charge in [0.25, 0.3) is 5.91 Å². The van der Waals surface area contributed by atoms with E-state index < -0.39 is 42.0 Å². The summed E-state index contributed by atoms with van der Waals surface area (Å²) in [5.74, 6) is -4.34. The molecule has 1 N–H and O–H groups in total. The highest BCUT2D eigenvalue weighted by Crippen LogP contribution is 2.42. The summed E-state index contributed by atoms with van der Waals surface area (Å²) in [6, 6.07) is 5.60. The number of alkyl halides is 2. The molecule has 0 atom stereocenters. The van der Waals surface area contributed by atoms with Gasteiger partial charge < -0.3 is 19.5 Å². The summed E-state index contributed by atoms with van der Waals surface area (Å²) in [4.78, 5) is 23.4. The van der Waals surface area contributed by atoms with Crippen molar-refractivity contribution < 1.29 is 41.4 Å². The molecule has 6 nitrogen and oxygen atoms in total. The molecule has 0 unspecified atom stereocenters. The van der Waals surface area contributed by atoms with Crippen molar-refractivity contribution in [3.8, 4) is 11.5 Å². The van der Waals surface area contributed by atoms with Gasteiger partial charge in [-0.1, -0.05) is 0 Å². The van der Waals surface area contributed by atoms with Gasteiger partial charge in [0, 0.05) is 17.8 Å². The third-order valence-corrected chi connectivity index (χ3v) is 3.12. The Morgan fingerprint density at radius 1 is 1.00 bits per heavy atom. The first-order valence-electron chi connectivity index (χ1n) is 7.05.